The largest absolute Gasteiger partial charge is 0.375 e. The zero-order valence-corrected chi connectivity index (χ0v) is 20.9. The predicted octanol–water partition coefficient (Wildman–Crippen LogP) is 4.06. The molecule has 0 bridgehead atoms. The Kier molecular flexibility index (Phi) is 7.96. The van der Waals surface area contributed by atoms with Crippen molar-refractivity contribution < 1.29 is 19.1 Å². The van der Waals surface area contributed by atoms with Crippen molar-refractivity contribution in [1.82, 2.24) is 5.32 Å². The van der Waals surface area contributed by atoms with Gasteiger partial charge in [0, 0.05) is 34.8 Å². The van der Waals surface area contributed by atoms with Crippen molar-refractivity contribution in [2.24, 2.45) is 5.73 Å². The SMILES string of the molecule is COCC(=O)N1c2ccc(C(=O)NC3CCCCC3N)cc2NC(=O)CC1c1ccc(Cl)cc1Cl. The standard InChI is InChI=1S/C25H28Cl2N4O4/c1-35-13-24(33)31-21-9-6-14(25(34)30-19-5-3-2-4-18(19)28)10-20(21)29-23(32)12-22(31)16-8-7-15(26)11-17(16)27/h6-11,18-19,22H,2-5,12-13,28H2,1H3,(H,29,32)(H,30,34). The summed E-state index contributed by atoms with van der Waals surface area (Å²) in [6.07, 6.45) is 3.74. The molecule has 1 aliphatic carbocycles. The molecule has 1 heterocycles. The highest BCUT2D eigenvalue weighted by Crippen LogP contribution is 2.41. The molecule has 2 aromatic carbocycles. The van der Waals surface area contributed by atoms with E-state index in [1.165, 1.54) is 12.0 Å². The summed E-state index contributed by atoms with van der Waals surface area (Å²) >= 11 is 12.5. The highest BCUT2D eigenvalue weighted by atomic mass is 35.5. The number of fused-ring (bicyclic) bond motifs is 1. The zero-order valence-electron chi connectivity index (χ0n) is 19.4. The van der Waals surface area contributed by atoms with Gasteiger partial charge in [-0.2, -0.15) is 0 Å². The number of anilines is 2. The molecular weight excluding hydrogens is 491 g/mol. The van der Waals surface area contributed by atoms with E-state index in [1.807, 2.05) is 0 Å². The van der Waals surface area contributed by atoms with Gasteiger partial charge in [-0.25, -0.2) is 0 Å². The van der Waals surface area contributed by atoms with Crippen LogP contribution in [0.5, 0.6) is 0 Å². The minimum absolute atomic E-state index is 0.0378. The average molecular weight is 519 g/mol. The Morgan fingerprint density at radius 2 is 1.94 bits per heavy atom. The molecule has 0 radical (unpaired) electrons. The van der Waals surface area contributed by atoms with Gasteiger partial charge in [0.1, 0.15) is 6.61 Å². The van der Waals surface area contributed by atoms with E-state index in [0.29, 0.717) is 32.5 Å². The molecule has 10 heteroatoms. The summed E-state index contributed by atoms with van der Waals surface area (Å²) in [7, 11) is 1.42. The number of amides is 3. The van der Waals surface area contributed by atoms with Gasteiger partial charge >= 0.3 is 0 Å². The van der Waals surface area contributed by atoms with Crippen molar-refractivity contribution in [3.63, 3.8) is 0 Å². The topological polar surface area (TPSA) is 114 Å². The molecule has 0 spiro atoms. The number of methoxy groups -OCH3 is 1. The van der Waals surface area contributed by atoms with Gasteiger partial charge in [0.15, 0.2) is 0 Å². The quantitative estimate of drug-likeness (QED) is 0.552. The summed E-state index contributed by atoms with van der Waals surface area (Å²) < 4.78 is 5.10. The van der Waals surface area contributed by atoms with Crippen molar-refractivity contribution in [2.45, 2.75) is 50.2 Å². The molecule has 2 aliphatic rings. The number of nitrogens with zero attached hydrogens (tertiary/aromatic N) is 1. The molecule has 4 rings (SSSR count). The molecule has 4 N–H and O–H groups in total. The van der Waals surface area contributed by atoms with Gasteiger partial charge in [0.25, 0.3) is 11.8 Å². The number of carbonyl (C=O) groups excluding carboxylic acids is 3. The Labute approximate surface area is 214 Å². The Hall–Kier alpha value is -2.65. The number of rotatable bonds is 5. The molecule has 0 saturated heterocycles. The third-order valence-electron chi connectivity index (χ3n) is 6.48. The second-order valence-corrected chi connectivity index (χ2v) is 9.73. The summed E-state index contributed by atoms with van der Waals surface area (Å²) in [5, 5.41) is 6.64. The number of benzene rings is 2. The number of ether oxygens (including phenoxy) is 1. The smallest absolute Gasteiger partial charge is 0.253 e. The fraction of sp³-hybridized carbons (Fsp3) is 0.400. The van der Waals surface area contributed by atoms with Crippen LogP contribution in [0.2, 0.25) is 10.0 Å². The lowest BCUT2D eigenvalue weighted by molar-refractivity contribution is -0.122. The molecule has 2 aromatic rings. The molecule has 3 atom stereocenters. The Morgan fingerprint density at radius 3 is 2.66 bits per heavy atom. The molecule has 1 aliphatic heterocycles. The number of carbonyl (C=O) groups is 3. The van der Waals surface area contributed by atoms with E-state index in [-0.39, 0.29) is 42.8 Å². The van der Waals surface area contributed by atoms with Crippen LogP contribution in [0.4, 0.5) is 11.4 Å². The molecule has 1 fully saturated rings. The highest BCUT2D eigenvalue weighted by Gasteiger charge is 2.35. The first-order valence-corrected chi connectivity index (χ1v) is 12.3. The molecule has 1 saturated carbocycles. The predicted molar refractivity (Wildman–Crippen MR) is 136 cm³/mol. The van der Waals surface area contributed by atoms with Gasteiger partial charge in [0.05, 0.1) is 23.8 Å². The van der Waals surface area contributed by atoms with E-state index < -0.39 is 6.04 Å². The monoisotopic (exact) mass is 518 g/mol. The van der Waals surface area contributed by atoms with Gasteiger partial charge in [-0.15, -0.1) is 0 Å². The average Bonchev–Trinajstić information content (AvgIpc) is 2.95. The summed E-state index contributed by atoms with van der Waals surface area (Å²) in [4.78, 5) is 40.6. The lowest BCUT2D eigenvalue weighted by Crippen LogP contribution is -2.49. The molecule has 3 unspecified atom stereocenters. The number of halogens is 2. The van der Waals surface area contributed by atoms with Crippen LogP contribution in [0.1, 0.15) is 54.1 Å². The summed E-state index contributed by atoms with van der Waals surface area (Å²) in [6.45, 7) is -0.197. The minimum Gasteiger partial charge on any atom is -0.375 e. The third kappa shape index (κ3) is 5.62. The van der Waals surface area contributed by atoms with Gasteiger partial charge in [-0.3, -0.25) is 14.4 Å². The van der Waals surface area contributed by atoms with E-state index in [4.69, 9.17) is 33.7 Å². The van der Waals surface area contributed by atoms with Gasteiger partial charge in [-0.1, -0.05) is 42.1 Å². The maximum absolute atomic E-state index is 13.2. The normalized spacial score (nSPS) is 22.1. The second-order valence-electron chi connectivity index (χ2n) is 8.89. The van der Waals surface area contributed by atoms with Gasteiger partial charge in [0.2, 0.25) is 5.91 Å². The Bertz CT molecular complexity index is 1140. The number of nitrogens with two attached hydrogens (primary N) is 1. The molecular formula is C25H28Cl2N4O4. The highest BCUT2D eigenvalue weighted by molar-refractivity contribution is 6.35. The van der Waals surface area contributed by atoms with E-state index in [9.17, 15) is 14.4 Å². The number of hydrogen-bond acceptors (Lipinski definition) is 5. The summed E-state index contributed by atoms with van der Waals surface area (Å²) in [6, 6.07) is 8.93. The van der Waals surface area contributed by atoms with Crippen LogP contribution in [-0.2, 0) is 14.3 Å². The first-order valence-electron chi connectivity index (χ1n) is 11.5. The van der Waals surface area contributed by atoms with Crippen molar-refractivity contribution in [1.29, 1.82) is 0 Å². The molecule has 0 aromatic heterocycles. The maximum Gasteiger partial charge on any atom is 0.253 e. The van der Waals surface area contributed by atoms with Crippen LogP contribution in [0.25, 0.3) is 0 Å². The van der Waals surface area contributed by atoms with Crippen LogP contribution in [-0.4, -0.2) is 43.5 Å². The van der Waals surface area contributed by atoms with Crippen molar-refractivity contribution in [3.8, 4) is 0 Å². The molecule has 35 heavy (non-hydrogen) atoms. The van der Waals surface area contributed by atoms with Crippen LogP contribution >= 0.6 is 23.2 Å². The lowest BCUT2D eigenvalue weighted by atomic mass is 9.91. The molecule has 8 nitrogen and oxygen atoms in total. The Balaban J connectivity index is 1.71. The fourth-order valence-electron chi connectivity index (χ4n) is 4.74. The first-order chi connectivity index (χ1) is 16.8. The minimum atomic E-state index is -0.691. The first kappa shape index (κ1) is 25.4. The van der Waals surface area contributed by atoms with Gasteiger partial charge < -0.3 is 26.0 Å². The van der Waals surface area contributed by atoms with E-state index in [0.717, 1.165) is 25.7 Å². The molecule has 186 valence electrons. The number of nitrogens with one attached hydrogen (secondary N) is 2. The van der Waals surface area contributed by atoms with E-state index >= 15 is 0 Å². The molecule has 3 amide bonds. The van der Waals surface area contributed by atoms with Crippen LogP contribution < -0.4 is 21.3 Å². The summed E-state index contributed by atoms with van der Waals surface area (Å²) in [5.74, 6) is -0.950. The van der Waals surface area contributed by atoms with Gasteiger partial charge in [-0.05, 0) is 48.7 Å². The number of hydrogen-bond donors (Lipinski definition) is 3. The van der Waals surface area contributed by atoms with Crippen molar-refractivity contribution in [3.05, 3.63) is 57.6 Å². The van der Waals surface area contributed by atoms with Crippen LogP contribution in [0, 0.1) is 0 Å². The van der Waals surface area contributed by atoms with E-state index in [1.54, 1.807) is 36.4 Å². The zero-order chi connectivity index (χ0) is 25.1. The van der Waals surface area contributed by atoms with Crippen molar-refractivity contribution >= 4 is 52.3 Å². The van der Waals surface area contributed by atoms with Crippen LogP contribution in [0.3, 0.4) is 0 Å². The summed E-state index contributed by atoms with van der Waals surface area (Å²) in [5.41, 5.74) is 7.92. The van der Waals surface area contributed by atoms with Crippen LogP contribution in [0.15, 0.2) is 36.4 Å². The third-order valence-corrected chi connectivity index (χ3v) is 7.04. The van der Waals surface area contributed by atoms with E-state index in [2.05, 4.69) is 10.6 Å². The Morgan fingerprint density at radius 1 is 1.17 bits per heavy atom. The maximum atomic E-state index is 13.2. The van der Waals surface area contributed by atoms with Crippen molar-refractivity contribution in [2.75, 3.05) is 23.9 Å². The lowest BCUT2D eigenvalue weighted by Gasteiger charge is -2.31. The fourth-order valence-corrected chi connectivity index (χ4v) is 5.27. The second kappa shape index (κ2) is 11.0.